The van der Waals surface area contributed by atoms with Gasteiger partial charge in [-0.15, -0.1) is 0 Å². The Hall–Kier alpha value is -2.04. The molecule has 0 aliphatic carbocycles. The number of urea groups is 1. The van der Waals surface area contributed by atoms with Gasteiger partial charge in [0.25, 0.3) is 0 Å². The molecule has 0 saturated carbocycles. The average Bonchev–Trinajstić information content (AvgIpc) is 2.32. The van der Waals surface area contributed by atoms with Gasteiger partial charge in [0.05, 0.1) is 6.04 Å². The molecule has 0 bridgehead atoms. The normalized spacial score (nSPS) is 20.3. The molecule has 2 fully saturated rings. The summed E-state index contributed by atoms with van der Waals surface area (Å²) in [5, 5.41) is 2.37. The molecule has 2 aliphatic rings. The van der Waals surface area contributed by atoms with Crippen molar-refractivity contribution in [1.82, 2.24) is 10.2 Å². The Kier molecular flexibility index (Phi) is 2.89. The zero-order valence-electron chi connectivity index (χ0n) is 10.9. The Morgan fingerprint density at radius 1 is 1.16 bits per heavy atom. The molecule has 2 aliphatic heterocycles. The van der Waals surface area contributed by atoms with Crippen molar-refractivity contribution in [3.8, 4) is 0 Å². The molecule has 1 N–H and O–H groups in total. The van der Waals surface area contributed by atoms with Crippen LogP contribution in [0.4, 0.5) is 10.5 Å². The van der Waals surface area contributed by atoms with Gasteiger partial charge in [-0.05, 0) is 19.1 Å². The van der Waals surface area contributed by atoms with Crippen molar-refractivity contribution in [2.75, 3.05) is 24.5 Å². The third-order valence-corrected chi connectivity index (χ3v) is 3.79. The molecule has 2 saturated heterocycles. The summed E-state index contributed by atoms with van der Waals surface area (Å²) < 4.78 is 0. The van der Waals surface area contributed by atoms with Crippen molar-refractivity contribution in [2.45, 2.75) is 19.4 Å². The summed E-state index contributed by atoms with van der Waals surface area (Å²) in [7, 11) is 0. The van der Waals surface area contributed by atoms with Crippen LogP contribution >= 0.6 is 0 Å². The van der Waals surface area contributed by atoms with Gasteiger partial charge in [-0.3, -0.25) is 10.1 Å². The summed E-state index contributed by atoms with van der Waals surface area (Å²) in [5.74, 6) is -0.170. The summed E-state index contributed by atoms with van der Waals surface area (Å²) in [4.78, 5) is 26.8. The van der Waals surface area contributed by atoms with E-state index in [1.54, 1.807) is 4.90 Å². The standard InChI is InChI=1S/C14H17N3O2/c1-10-2-4-11(5-3-10)16-8-12(9-16)17-7-6-13(18)15-14(17)19/h2-5,12H,6-9H2,1H3,(H,15,18,19). The second kappa shape index (κ2) is 4.57. The van der Waals surface area contributed by atoms with Crippen LogP contribution in [0.25, 0.3) is 0 Å². The van der Waals surface area contributed by atoms with E-state index in [0.29, 0.717) is 13.0 Å². The molecule has 19 heavy (non-hydrogen) atoms. The van der Waals surface area contributed by atoms with Crippen LogP contribution in [0.1, 0.15) is 12.0 Å². The molecule has 100 valence electrons. The van der Waals surface area contributed by atoms with Crippen molar-refractivity contribution in [1.29, 1.82) is 0 Å². The summed E-state index contributed by atoms with van der Waals surface area (Å²) in [6.07, 6.45) is 0.409. The van der Waals surface area contributed by atoms with E-state index in [4.69, 9.17) is 0 Å². The molecule has 0 aromatic heterocycles. The molecule has 1 aromatic rings. The summed E-state index contributed by atoms with van der Waals surface area (Å²) >= 11 is 0. The summed E-state index contributed by atoms with van der Waals surface area (Å²) in [6.45, 7) is 4.28. The fraction of sp³-hybridized carbons (Fsp3) is 0.429. The van der Waals surface area contributed by atoms with Crippen molar-refractivity contribution < 1.29 is 9.59 Å². The van der Waals surface area contributed by atoms with E-state index in [9.17, 15) is 9.59 Å². The van der Waals surface area contributed by atoms with Gasteiger partial charge in [-0.1, -0.05) is 17.7 Å². The molecular formula is C14H17N3O2. The van der Waals surface area contributed by atoms with Crippen molar-refractivity contribution in [3.05, 3.63) is 29.8 Å². The maximum atomic E-state index is 11.7. The number of carbonyl (C=O) groups excluding carboxylic acids is 2. The second-order valence-corrected chi connectivity index (χ2v) is 5.19. The zero-order chi connectivity index (χ0) is 13.4. The lowest BCUT2D eigenvalue weighted by Crippen LogP contribution is -2.65. The van der Waals surface area contributed by atoms with E-state index >= 15 is 0 Å². The van der Waals surface area contributed by atoms with Crippen LogP contribution in [0.5, 0.6) is 0 Å². The first-order valence-electron chi connectivity index (χ1n) is 6.55. The number of carbonyl (C=O) groups is 2. The van der Waals surface area contributed by atoms with Gasteiger partial charge in [0.15, 0.2) is 0 Å². The quantitative estimate of drug-likeness (QED) is 0.866. The predicted octanol–water partition coefficient (Wildman–Crippen LogP) is 1.13. The monoisotopic (exact) mass is 259 g/mol. The van der Waals surface area contributed by atoms with Gasteiger partial charge < -0.3 is 9.80 Å². The minimum absolute atomic E-state index is 0.170. The first kappa shape index (κ1) is 12.0. The Bertz CT molecular complexity index is 506. The number of imide groups is 1. The number of anilines is 1. The first-order valence-corrected chi connectivity index (χ1v) is 6.55. The molecule has 0 radical (unpaired) electrons. The Labute approximate surface area is 112 Å². The first-order chi connectivity index (χ1) is 9.13. The van der Waals surface area contributed by atoms with Gasteiger partial charge in [0.1, 0.15) is 0 Å². The number of hydrogen-bond acceptors (Lipinski definition) is 3. The number of aryl methyl sites for hydroxylation is 1. The van der Waals surface area contributed by atoms with E-state index < -0.39 is 0 Å². The molecular weight excluding hydrogens is 242 g/mol. The average molecular weight is 259 g/mol. The van der Waals surface area contributed by atoms with Gasteiger partial charge in [0.2, 0.25) is 5.91 Å². The van der Waals surface area contributed by atoms with Crippen molar-refractivity contribution >= 4 is 17.6 Å². The fourth-order valence-electron chi connectivity index (χ4n) is 2.54. The number of nitrogens with zero attached hydrogens (tertiary/aromatic N) is 2. The summed E-state index contributed by atoms with van der Waals surface area (Å²) in [5.41, 5.74) is 2.44. The molecule has 1 aromatic carbocycles. The van der Waals surface area contributed by atoms with Crippen molar-refractivity contribution in [3.63, 3.8) is 0 Å². The smallest absolute Gasteiger partial charge is 0.324 e. The van der Waals surface area contributed by atoms with Gasteiger partial charge in [-0.25, -0.2) is 4.79 Å². The topological polar surface area (TPSA) is 52.6 Å². The zero-order valence-corrected chi connectivity index (χ0v) is 10.9. The highest BCUT2D eigenvalue weighted by molar-refractivity contribution is 5.96. The third-order valence-electron chi connectivity index (χ3n) is 3.79. The summed E-state index contributed by atoms with van der Waals surface area (Å²) in [6, 6.07) is 8.36. The maximum absolute atomic E-state index is 11.7. The lowest BCUT2D eigenvalue weighted by atomic mass is 10.0. The number of amides is 3. The van der Waals surface area contributed by atoms with E-state index in [0.717, 1.165) is 13.1 Å². The largest absolute Gasteiger partial charge is 0.367 e. The highest BCUT2D eigenvalue weighted by Crippen LogP contribution is 2.24. The molecule has 0 spiro atoms. The molecule has 5 nitrogen and oxygen atoms in total. The van der Waals surface area contributed by atoms with Gasteiger partial charge in [-0.2, -0.15) is 0 Å². The molecule has 2 heterocycles. The van der Waals surface area contributed by atoms with Crippen molar-refractivity contribution in [2.24, 2.45) is 0 Å². The number of hydrogen-bond donors (Lipinski definition) is 1. The van der Waals surface area contributed by atoms with Crippen LogP contribution < -0.4 is 10.2 Å². The number of benzene rings is 1. The van der Waals surface area contributed by atoms with Crippen LogP contribution in [-0.2, 0) is 4.79 Å². The lowest BCUT2D eigenvalue weighted by Gasteiger charge is -2.47. The molecule has 3 amide bonds. The van der Waals surface area contributed by atoms with Crippen LogP contribution in [-0.4, -0.2) is 42.5 Å². The van der Waals surface area contributed by atoms with Gasteiger partial charge >= 0.3 is 6.03 Å². The number of rotatable bonds is 2. The minimum atomic E-state index is -0.246. The lowest BCUT2D eigenvalue weighted by molar-refractivity contribution is -0.121. The number of nitrogens with one attached hydrogen (secondary N) is 1. The third kappa shape index (κ3) is 2.28. The van der Waals surface area contributed by atoms with E-state index in [2.05, 4.69) is 41.4 Å². The predicted molar refractivity (Wildman–Crippen MR) is 72.0 cm³/mol. The fourth-order valence-corrected chi connectivity index (χ4v) is 2.54. The van der Waals surface area contributed by atoms with Crippen LogP contribution in [0, 0.1) is 6.92 Å². The Morgan fingerprint density at radius 2 is 1.84 bits per heavy atom. The molecule has 5 heteroatoms. The molecule has 0 unspecified atom stereocenters. The molecule has 3 rings (SSSR count). The Morgan fingerprint density at radius 3 is 2.47 bits per heavy atom. The van der Waals surface area contributed by atoms with Gasteiger partial charge in [0, 0.05) is 31.7 Å². The van der Waals surface area contributed by atoms with Crippen LogP contribution in [0.3, 0.4) is 0 Å². The SMILES string of the molecule is Cc1ccc(N2CC(N3CCC(=O)NC3=O)C2)cc1. The highest BCUT2D eigenvalue weighted by Gasteiger charge is 2.37. The Balaban J connectivity index is 1.59. The van der Waals surface area contributed by atoms with Crippen LogP contribution in [0.15, 0.2) is 24.3 Å². The molecule has 0 atom stereocenters. The highest BCUT2D eigenvalue weighted by atomic mass is 16.2. The van der Waals surface area contributed by atoms with E-state index in [1.165, 1.54) is 11.3 Å². The minimum Gasteiger partial charge on any atom is -0.367 e. The van der Waals surface area contributed by atoms with Crippen LogP contribution in [0.2, 0.25) is 0 Å². The van der Waals surface area contributed by atoms with E-state index in [-0.39, 0.29) is 18.0 Å². The maximum Gasteiger partial charge on any atom is 0.324 e. The second-order valence-electron chi connectivity index (χ2n) is 5.19. The van der Waals surface area contributed by atoms with E-state index in [1.807, 2.05) is 0 Å².